The van der Waals surface area contributed by atoms with Gasteiger partial charge in [-0.25, -0.2) is 4.79 Å². The Hall–Kier alpha value is -1.55. The molecule has 4 heteroatoms. The zero-order chi connectivity index (χ0) is 12.9. The van der Waals surface area contributed by atoms with E-state index in [0.717, 1.165) is 13.1 Å². The van der Waals surface area contributed by atoms with Gasteiger partial charge in [-0.2, -0.15) is 0 Å². The fourth-order valence-electron chi connectivity index (χ4n) is 1.06. The number of aromatic amines is 1. The molecule has 1 aromatic heterocycles. The second-order valence-electron chi connectivity index (χ2n) is 3.45. The molecule has 0 amide bonds. The van der Waals surface area contributed by atoms with Crippen LogP contribution in [0.5, 0.6) is 0 Å². The molecule has 0 spiro atoms. The van der Waals surface area contributed by atoms with Crippen LogP contribution in [0, 0.1) is 0 Å². The summed E-state index contributed by atoms with van der Waals surface area (Å²) in [4.78, 5) is 12.8. The maximum Gasteiger partial charge on any atom is 0.416 e. The van der Waals surface area contributed by atoms with E-state index in [2.05, 4.69) is 28.2 Å². The minimum Gasteiger partial charge on any atom is -0.416 e. The Morgan fingerprint density at radius 1 is 1.59 bits per heavy atom. The van der Waals surface area contributed by atoms with Gasteiger partial charge in [-0.1, -0.05) is 25.5 Å². The number of unbranched alkanes of at least 4 members (excludes halogenated alkanes) is 1. The molecule has 0 aliphatic carbocycles. The summed E-state index contributed by atoms with van der Waals surface area (Å²) in [6.07, 6.45) is 9.38. The van der Waals surface area contributed by atoms with Crippen molar-refractivity contribution in [2.75, 3.05) is 13.1 Å². The summed E-state index contributed by atoms with van der Waals surface area (Å²) in [5, 5.41) is 3.22. The van der Waals surface area contributed by atoms with Gasteiger partial charge in [0.25, 0.3) is 0 Å². The lowest BCUT2D eigenvalue weighted by Crippen LogP contribution is -2.14. The van der Waals surface area contributed by atoms with Crippen LogP contribution >= 0.6 is 0 Å². The van der Waals surface area contributed by atoms with E-state index in [9.17, 15) is 4.79 Å². The molecule has 0 atom stereocenters. The van der Waals surface area contributed by atoms with Crippen LogP contribution in [0.2, 0.25) is 0 Å². The minimum absolute atomic E-state index is 0.414. The monoisotopic (exact) mass is 238 g/mol. The smallest absolute Gasteiger partial charge is 0.416 e. The topological polar surface area (TPSA) is 58.0 Å². The SMILES string of the molecule is C=CCNCCCC.CC=Cc1coc(=O)[nH]1. The molecule has 0 aromatic carbocycles. The standard InChI is InChI=1S/C7H15N.C6H7NO2/c1-3-5-7-8-6-4-2;1-2-3-5-4-9-6(8)7-5/h4,8H,2-3,5-7H2,1H3;2-4H,1H3,(H,7,8). The first-order valence-corrected chi connectivity index (χ1v) is 5.86. The Labute approximate surface area is 102 Å². The molecule has 0 saturated carbocycles. The van der Waals surface area contributed by atoms with Gasteiger partial charge in [0.15, 0.2) is 0 Å². The lowest BCUT2D eigenvalue weighted by molar-refractivity contribution is 0.515. The number of nitrogens with one attached hydrogen (secondary N) is 2. The van der Waals surface area contributed by atoms with E-state index in [1.165, 1.54) is 19.1 Å². The molecule has 1 heterocycles. The number of aromatic nitrogens is 1. The summed E-state index contributed by atoms with van der Waals surface area (Å²) < 4.78 is 4.45. The molecule has 0 bridgehead atoms. The number of oxazole rings is 1. The van der Waals surface area contributed by atoms with Crippen LogP contribution in [-0.2, 0) is 0 Å². The second kappa shape index (κ2) is 11.0. The normalized spacial score (nSPS) is 10.0. The van der Waals surface area contributed by atoms with E-state index >= 15 is 0 Å². The highest BCUT2D eigenvalue weighted by Gasteiger charge is 1.88. The van der Waals surface area contributed by atoms with Crippen LogP contribution in [-0.4, -0.2) is 18.1 Å². The highest BCUT2D eigenvalue weighted by atomic mass is 16.4. The van der Waals surface area contributed by atoms with E-state index in [1.54, 1.807) is 6.08 Å². The summed E-state index contributed by atoms with van der Waals surface area (Å²) in [5.41, 5.74) is 0.697. The molecule has 0 unspecified atom stereocenters. The largest absolute Gasteiger partial charge is 0.416 e. The average Bonchev–Trinajstić information content (AvgIpc) is 2.72. The predicted octanol–water partition coefficient (Wildman–Crippen LogP) is 2.56. The molecule has 0 saturated heterocycles. The molecule has 0 aliphatic rings. The van der Waals surface area contributed by atoms with Crippen LogP contribution in [0.15, 0.2) is 34.2 Å². The number of rotatable bonds is 6. The van der Waals surface area contributed by atoms with E-state index in [1.807, 2.05) is 19.1 Å². The molecule has 1 aromatic rings. The fourth-order valence-corrected chi connectivity index (χ4v) is 1.06. The molecule has 0 fully saturated rings. The molecule has 2 N–H and O–H groups in total. The molecule has 17 heavy (non-hydrogen) atoms. The lowest BCUT2D eigenvalue weighted by Gasteiger charge is -1.96. The number of hydrogen-bond donors (Lipinski definition) is 2. The van der Waals surface area contributed by atoms with Crippen molar-refractivity contribution in [1.29, 1.82) is 0 Å². The zero-order valence-corrected chi connectivity index (χ0v) is 10.7. The highest BCUT2D eigenvalue weighted by Crippen LogP contribution is 1.91. The Balaban J connectivity index is 0.000000304. The zero-order valence-electron chi connectivity index (χ0n) is 10.7. The van der Waals surface area contributed by atoms with Crippen molar-refractivity contribution in [3.05, 3.63) is 41.2 Å². The van der Waals surface area contributed by atoms with Crippen molar-refractivity contribution in [2.24, 2.45) is 0 Å². The Morgan fingerprint density at radius 3 is 2.82 bits per heavy atom. The van der Waals surface area contributed by atoms with Gasteiger partial charge in [-0.15, -0.1) is 6.58 Å². The van der Waals surface area contributed by atoms with Crippen LogP contribution < -0.4 is 11.1 Å². The molecule has 0 aliphatic heterocycles. The van der Waals surface area contributed by atoms with E-state index in [0.29, 0.717) is 5.69 Å². The van der Waals surface area contributed by atoms with Gasteiger partial charge in [0.1, 0.15) is 6.26 Å². The minimum atomic E-state index is -0.414. The second-order valence-corrected chi connectivity index (χ2v) is 3.45. The Bertz CT molecular complexity index is 363. The van der Waals surface area contributed by atoms with Gasteiger partial charge in [0, 0.05) is 6.54 Å². The van der Waals surface area contributed by atoms with Gasteiger partial charge in [0.05, 0.1) is 5.69 Å². The quantitative estimate of drug-likeness (QED) is 0.591. The maximum absolute atomic E-state index is 10.3. The average molecular weight is 238 g/mol. The highest BCUT2D eigenvalue weighted by molar-refractivity contribution is 5.41. The summed E-state index contributed by atoms with van der Waals surface area (Å²) in [6, 6.07) is 0. The van der Waals surface area contributed by atoms with Gasteiger partial charge in [-0.05, 0) is 26.0 Å². The lowest BCUT2D eigenvalue weighted by atomic mass is 10.3. The van der Waals surface area contributed by atoms with Crippen LogP contribution in [0.25, 0.3) is 6.08 Å². The maximum atomic E-state index is 10.3. The Kier molecular flexibility index (Phi) is 9.95. The first-order chi connectivity index (χ1) is 8.24. The van der Waals surface area contributed by atoms with Gasteiger partial charge < -0.3 is 9.73 Å². The molecule has 0 radical (unpaired) electrons. The third-order valence-electron chi connectivity index (χ3n) is 1.88. The molecular weight excluding hydrogens is 216 g/mol. The van der Waals surface area contributed by atoms with E-state index in [4.69, 9.17) is 0 Å². The van der Waals surface area contributed by atoms with Gasteiger partial charge in [-0.3, -0.25) is 4.98 Å². The summed E-state index contributed by atoms with van der Waals surface area (Å²) >= 11 is 0. The number of allylic oxidation sites excluding steroid dienone is 1. The third kappa shape index (κ3) is 9.38. The van der Waals surface area contributed by atoms with Crippen molar-refractivity contribution in [1.82, 2.24) is 10.3 Å². The van der Waals surface area contributed by atoms with Crippen molar-refractivity contribution in [3.63, 3.8) is 0 Å². The van der Waals surface area contributed by atoms with Crippen molar-refractivity contribution in [3.8, 4) is 0 Å². The number of H-pyrrole nitrogens is 1. The van der Waals surface area contributed by atoms with Gasteiger partial charge >= 0.3 is 5.76 Å². The molecule has 4 nitrogen and oxygen atoms in total. The summed E-state index contributed by atoms with van der Waals surface area (Å²) in [5.74, 6) is -0.414. The van der Waals surface area contributed by atoms with Crippen LogP contribution in [0.3, 0.4) is 0 Å². The third-order valence-corrected chi connectivity index (χ3v) is 1.88. The van der Waals surface area contributed by atoms with E-state index < -0.39 is 5.76 Å². The van der Waals surface area contributed by atoms with Crippen LogP contribution in [0.4, 0.5) is 0 Å². The summed E-state index contributed by atoms with van der Waals surface area (Å²) in [6.45, 7) is 9.72. The first kappa shape index (κ1) is 15.4. The molecule has 1 rings (SSSR count). The van der Waals surface area contributed by atoms with Gasteiger partial charge in [0.2, 0.25) is 0 Å². The van der Waals surface area contributed by atoms with Crippen molar-refractivity contribution >= 4 is 6.08 Å². The van der Waals surface area contributed by atoms with Crippen molar-refractivity contribution in [2.45, 2.75) is 26.7 Å². The Morgan fingerprint density at radius 2 is 2.35 bits per heavy atom. The molecular formula is C13H22N2O2. The fraction of sp³-hybridized carbons (Fsp3) is 0.462. The first-order valence-electron chi connectivity index (χ1n) is 5.86. The van der Waals surface area contributed by atoms with Crippen molar-refractivity contribution < 1.29 is 4.42 Å². The number of hydrogen-bond acceptors (Lipinski definition) is 3. The predicted molar refractivity (Wildman–Crippen MR) is 72.0 cm³/mol. The molecule has 96 valence electrons. The van der Waals surface area contributed by atoms with Crippen LogP contribution in [0.1, 0.15) is 32.4 Å². The van der Waals surface area contributed by atoms with E-state index in [-0.39, 0.29) is 0 Å². The summed E-state index contributed by atoms with van der Waals surface area (Å²) in [7, 11) is 0.